The second kappa shape index (κ2) is 13.2. The van der Waals surface area contributed by atoms with E-state index in [4.69, 9.17) is 16.3 Å². The van der Waals surface area contributed by atoms with Gasteiger partial charge in [-0.15, -0.1) is 0 Å². The van der Waals surface area contributed by atoms with E-state index in [1.807, 2.05) is 12.2 Å². The number of hydrogen-bond donors (Lipinski definition) is 3. The van der Waals surface area contributed by atoms with Crippen LogP contribution in [0, 0.1) is 5.92 Å². The smallest absolute Gasteiger partial charge is 0.408 e. The number of rotatable bonds is 4. The maximum Gasteiger partial charge on any atom is 0.408 e. The molecule has 1 saturated carbocycles. The molecule has 2 aromatic carbocycles. The van der Waals surface area contributed by atoms with Gasteiger partial charge in [0.2, 0.25) is 11.8 Å². The SMILES string of the molecule is CC(C)(C)OC(=O)N[C@H]1CCCCC/C=C\[C@@H]2C[C@@]2(C(=O)NS(=O)(=O)c2cccc3c(Cl)cccc23)NC(=O)[C@@H]2CCCN2C1=O. The highest BCUT2D eigenvalue weighted by atomic mass is 35.5. The minimum atomic E-state index is -4.36. The van der Waals surface area contributed by atoms with E-state index in [0.29, 0.717) is 54.4 Å². The number of ether oxygens (including phenoxy) is 1. The van der Waals surface area contributed by atoms with Crippen LogP contribution in [0.5, 0.6) is 0 Å². The standard InChI is InChI=1S/C33H41ClN4O7S/c1-32(2,3)45-31(42)35-25-16-8-6-4-5-7-12-21-20-33(21,36-28(39)26-17-11-19-38(26)29(25)40)30(41)37-46(43,44)27-18-10-13-22-23(27)14-9-15-24(22)34/h7,9-10,12-15,18,21,25-26H,4-6,8,11,16-17,19-20H2,1-3H3,(H,35,42)(H,36,39)(H,37,41)/b12-7-/t21-,25+,26+,33-/m1/s1. The lowest BCUT2D eigenvalue weighted by Crippen LogP contribution is -2.58. The van der Waals surface area contributed by atoms with Crippen LogP contribution in [0.4, 0.5) is 4.79 Å². The Balaban J connectivity index is 1.39. The summed E-state index contributed by atoms with van der Waals surface area (Å²) >= 11 is 6.29. The monoisotopic (exact) mass is 672 g/mol. The summed E-state index contributed by atoms with van der Waals surface area (Å²) in [6, 6.07) is 7.78. The molecule has 0 aromatic heterocycles. The zero-order valence-electron chi connectivity index (χ0n) is 26.3. The van der Waals surface area contributed by atoms with Crippen molar-refractivity contribution in [2.24, 2.45) is 5.92 Å². The van der Waals surface area contributed by atoms with E-state index in [2.05, 4.69) is 15.4 Å². The number of carbonyl (C=O) groups is 4. The lowest BCUT2D eigenvalue weighted by molar-refractivity contribution is -0.141. The van der Waals surface area contributed by atoms with Gasteiger partial charge in [0.25, 0.3) is 15.9 Å². The summed E-state index contributed by atoms with van der Waals surface area (Å²) in [6.07, 6.45) is 7.60. The molecule has 4 atom stereocenters. The zero-order valence-corrected chi connectivity index (χ0v) is 27.9. The van der Waals surface area contributed by atoms with Crippen LogP contribution in [0.25, 0.3) is 10.8 Å². The lowest BCUT2D eigenvalue weighted by atomic mass is 10.0. The molecule has 2 heterocycles. The predicted molar refractivity (Wildman–Crippen MR) is 173 cm³/mol. The second-order valence-electron chi connectivity index (χ2n) is 13.3. The Morgan fingerprint density at radius 3 is 2.52 bits per heavy atom. The average molecular weight is 673 g/mol. The number of halogens is 1. The van der Waals surface area contributed by atoms with Gasteiger partial charge in [-0.3, -0.25) is 14.4 Å². The molecular formula is C33H41ClN4O7S. The largest absolute Gasteiger partial charge is 0.444 e. The van der Waals surface area contributed by atoms with Crippen LogP contribution >= 0.6 is 11.6 Å². The quantitative estimate of drug-likeness (QED) is 0.403. The molecule has 4 amide bonds. The summed E-state index contributed by atoms with van der Waals surface area (Å²) < 4.78 is 34.8. The fourth-order valence-corrected chi connectivity index (χ4v) is 7.79. The van der Waals surface area contributed by atoms with Crippen molar-refractivity contribution in [3.63, 3.8) is 0 Å². The van der Waals surface area contributed by atoms with Crippen molar-refractivity contribution < 1.29 is 32.3 Å². The van der Waals surface area contributed by atoms with Crippen LogP contribution in [-0.4, -0.2) is 66.9 Å². The van der Waals surface area contributed by atoms with Gasteiger partial charge < -0.3 is 20.3 Å². The highest BCUT2D eigenvalue weighted by molar-refractivity contribution is 7.90. The molecule has 13 heteroatoms. The van der Waals surface area contributed by atoms with Crippen LogP contribution in [0.3, 0.4) is 0 Å². The Morgan fingerprint density at radius 2 is 1.76 bits per heavy atom. The summed E-state index contributed by atoms with van der Waals surface area (Å²) in [6.45, 7) is 5.52. The van der Waals surface area contributed by atoms with Gasteiger partial charge in [-0.25, -0.2) is 17.9 Å². The first-order chi connectivity index (χ1) is 21.7. The van der Waals surface area contributed by atoms with E-state index in [1.54, 1.807) is 51.1 Å². The zero-order chi connectivity index (χ0) is 33.3. The summed E-state index contributed by atoms with van der Waals surface area (Å²) in [4.78, 5) is 55.4. The third-order valence-corrected chi connectivity index (χ3v) is 10.4. The fourth-order valence-electron chi connectivity index (χ4n) is 6.29. The normalized spacial score (nSPS) is 26.5. The van der Waals surface area contributed by atoms with Gasteiger partial charge in [0.1, 0.15) is 23.2 Å². The van der Waals surface area contributed by atoms with Gasteiger partial charge in [-0.1, -0.05) is 60.9 Å². The van der Waals surface area contributed by atoms with Gasteiger partial charge >= 0.3 is 6.09 Å². The summed E-state index contributed by atoms with van der Waals surface area (Å²) in [7, 11) is -4.36. The van der Waals surface area contributed by atoms with E-state index in [1.165, 1.54) is 11.0 Å². The molecule has 3 N–H and O–H groups in total. The number of hydrogen-bond acceptors (Lipinski definition) is 7. The molecule has 2 fully saturated rings. The number of allylic oxidation sites excluding steroid dienone is 1. The van der Waals surface area contributed by atoms with Gasteiger partial charge in [0.05, 0.1) is 4.90 Å². The van der Waals surface area contributed by atoms with E-state index in [9.17, 15) is 27.6 Å². The molecule has 0 unspecified atom stereocenters. The van der Waals surface area contributed by atoms with E-state index in [-0.39, 0.29) is 17.2 Å². The third-order valence-electron chi connectivity index (χ3n) is 8.67. The van der Waals surface area contributed by atoms with E-state index < -0.39 is 57.1 Å². The fraction of sp³-hybridized carbons (Fsp3) is 0.515. The highest BCUT2D eigenvalue weighted by Crippen LogP contribution is 2.46. The van der Waals surface area contributed by atoms with Crippen molar-refractivity contribution in [3.8, 4) is 0 Å². The maximum atomic E-state index is 13.8. The molecule has 248 valence electrons. The predicted octanol–water partition coefficient (Wildman–Crippen LogP) is 4.58. The highest BCUT2D eigenvalue weighted by Gasteiger charge is 2.61. The topological polar surface area (TPSA) is 151 Å². The maximum absolute atomic E-state index is 13.8. The van der Waals surface area contributed by atoms with Crippen LogP contribution < -0.4 is 15.4 Å². The molecule has 11 nitrogen and oxygen atoms in total. The first-order valence-electron chi connectivity index (χ1n) is 15.7. The van der Waals surface area contributed by atoms with E-state index in [0.717, 1.165) is 12.8 Å². The van der Waals surface area contributed by atoms with Gasteiger partial charge in [0.15, 0.2) is 0 Å². The second-order valence-corrected chi connectivity index (χ2v) is 15.3. The molecule has 0 radical (unpaired) electrons. The average Bonchev–Trinajstić information content (AvgIpc) is 3.44. The van der Waals surface area contributed by atoms with Crippen molar-refractivity contribution in [1.82, 2.24) is 20.3 Å². The Kier molecular flexibility index (Phi) is 9.70. The Hall–Kier alpha value is -3.64. The number of nitrogens with zero attached hydrogens (tertiary/aromatic N) is 1. The van der Waals surface area contributed by atoms with Gasteiger partial charge in [-0.05, 0) is 71.4 Å². The molecule has 0 bridgehead atoms. The molecule has 2 aromatic rings. The first-order valence-corrected chi connectivity index (χ1v) is 17.6. The minimum absolute atomic E-state index is 0.107. The molecular weight excluding hydrogens is 632 g/mol. The van der Waals surface area contributed by atoms with Crippen LogP contribution in [0.2, 0.25) is 5.02 Å². The minimum Gasteiger partial charge on any atom is -0.444 e. The van der Waals surface area contributed by atoms with Crippen molar-refractivity contribution in [2.75, 3.05) is 6.54 Å². The van der Waals surface area contributed by atoms with Crippen LogP contribution in [0.1, 0.15) is 72.1 Å². The number of carbonyl (C=O) groups excluding carboxylic acids is 4. The van der Waals surface area contributed by atoms with Crippen LogP contribution in [0.15, 0.2) is 53.4 Å². The Morgan fingerprint density at radius 1 is 1.02 bits per heavy atom. The molecule has 0 spiro atoms. The van der Waals surface area contributed by atoms with Crippen molar-refractivity contribution in [2.45, 2.75) is 100 Å². The van der Waals surface area contributed by atoms with E-state index >= 15 is 0 Å². The number of alkyl carbamates (subject to hydrolysis) is 1. The molecule has 2 aliphatic heterocycles. The first kappa shape index (κ1) is 33.7. The Bertz CT molecular complexity index is 1670. The molecule has 3 aliphatic rings. The van der Waals surface area contributed by atoms with Gasteiger partial charge in [-0.2, -0.15) is 0 Å². The number of sulfonamides is 1. The van der Waals surface area contributed by atoms with Crippen molar-refractivity contribution >= 4 is 56.2 Å². The summed E-state index contributed by atoms with van der Waals surface area (Å²) in [5.41, 5.74) is -2.26. The molecule has 1 saturated heterocycles. The molecule has 46 heavy (non-hydrogen) atoms. The van der Waals surface area contributed by atoms with Crippen molar-refractivity contribution in [1.29, 1.82) is 0 Å². The number of nitrogens with one attached hydrogen (secondary N) is 3. The molecule has 1 aliphatic carbocycles. The number of benzene rings is 2. The van der Waals surface area contributed by atoms with Crippen molar-refractivity contribution in [3.05, 3.63) is 53.6 Å². The lowest BCUT2D eigenvalue weighted by Gasteiger charge is -2.30. The number of amides is 4. The van der Waals surface area contributed by atoms with Crippen LogP contribution in [-0.2, 0) is 29.1 Å². The summed E-state index contributed by atoms with van der Waals surface area (Å²) in [5, 5.41) is 6.81. The third kappa shape index (κ3) is 7.33. The number of fused-ring (bicyclic) bond motifs is 3. The van der Waals surface area contributed by atoms with Gasteiger partial charge in [0, 0.05) is 28.3 Å². The Labute approximate surface area is 274 Å². The summed E-state index contributed by atoms with van der Waals surface area (Å²) in [5.74, 6) is -2.21. The molecule has 5 rings (SSSR count).